The van der Waals surface area contributed by atoms with Crippen molar-refractivity contribution in [1.82, 2.24) is 5.32 Å². The van der Waals surface area contributed by atoms with E-state index in [0.29, 0.717) is 5.69 Å². The molecule has 30 heavy (non-hydrogen) atoms. The molecule has 2 aromatic rings. The number of hydrogen-bond donors (Lipinski definition) is 2. The minimum atomic E-state index is -0.768. The Morgan fingerprint density at radius 3 is 2.70 bits per heavy atom. The molecule has 0 aliphatic heterocycles. The first-order valence-corrected chi connectivity index (χ1v) is 10.1. The standard InChI is InChI=1S/C22H23N3O5/c26-21(24-18-7-3-5-14-4-1-2-6-17(14)18)13-30-22(27)15-8-11-19(23-16-9-10-16)20(12-15)25(28)29/h1-2,4,6,8,11-12,16,18,23H,3,5,7,9-10,13H2,(H,24,26)/t18-/m1/s1. The summed E-state index contributed by atoms with van der Waals surface area (Å²) in [5.41, 5.74) is 2.56. The van der Waals surface area contributed by atoms with Crippen molar-refractivity contribution in [3.05, 3.63) is 69.3 Å². The Labute approximate surface area is 173 Å². The molecule has 1 amide bonds. The van der Waals surface area contributed by atoms with E-state index in [1.807, 2.05) is 18.2 Å². The number of hydrogen-bond acceptors (Lipinski definition) is 6. The average molecular weight is 409 g/mol. The number of ether oxygens (including phenoxy) is 1. The summed E-state index contributed by atoms with van der Waals surface area (Å²) >= 11 is 0. The number of nitro groups is 1. The first-order valence-electron chi connectivity index (χ1n) is 10.1. The third-order valence-corrected chi connectivity index (χ3v) is 5.41. The number of nitrogens with one attached hydrogen (secondary N) is 2. The molecular weight excluding hydrogens is 386 g/mol. The van der Waals surface area contributed by atoms with Gasteiger partial charge < -0.3 is 15.4 Å². The number of fused-ring (bicyclic) bond motifs is 1. The van der Waals surface area contributed by atoms with Crippen LogP contribution < -0.4 is 10.6 Å². The Kier molecular flexibility index (Phi) is 5.65. The Morgan fingerprint density at radius 1 is 1.13 bits per heavy atom. The summed E-state index contributed by atoms with van der Waals surface area (Å²) in [6, 6.07) is 12.3. The molecule has 0 saturated heterocycles. The highest BCUT2D eigenvalue weighted by molar-refractivity contribution is 5.93. The van der Waals surface area contributed by atoms with Crippen molar-refractivity contribution in [2.24, 2.45) is 0 Å². The van der Waals surface area contributed by atoms with E-state index in [1.165, 1.54) is 23.8 Å². The van der Waals surface area contributed by atoms with Gasteiger partial charge in [-0.25, -0.2) is 4.79 Å². The van der Waals surface area contributed by atoms with Gasteiger partial charge in [0.1, 0.15) is 5.69 Å². The van der Waals surface area contributed by atoms with Crippen LogP contribution in [-0.2, 0) is 16.0 Å². The third kappa shape index (κ3) is 4.59. The molecule has 2 N–H and O–H groups in total. The van der Waals surface area contributed by atoms with Crippen molar-refractivity contribution in [2.45, 2.75) is 44.2 Å². The second-order valence-corrected chi connectivity index (χ2v) is 7.69. The predicted octanol–water partition coefficient (Wildman–Crippen LogP) is 3.52. The maximum Gasteiger partial charge on any atom is 0.338 e. The minimum absolute atomic E-state index is 0.0406. The van der Waals surface area contributed by atoms with E-state index in [9.17, 15) is 19.7 Å². The fraction of sp³-hybridized carbons (Fsp3) is 0.364. The van der Waals surface area contributed by atoms with Gasteiger partial charge in [-0.3, -0.25) is 14.9 Å². The number of amides is 1. The highest BCUT2D eigenvalue weighted by Crippen LogP contribution is 2.32. The number of benzene rings is 2. The van der Waals surface area contributed by atoms with Gasteiger partial charge >= 0.3 is 5.97 Å². The number of nitro benzene ring substituents is 1. The molecule has 0 aromatic heterocycles. The van der Waals surface area contributed by atoms with Gasteiger partial charge in [-0.05, 0) is 55.4 Å². The Balaban J connectivity index is 1.36. The zero-order valence-electron chi connectivity index (χ0n) is 16.4. The highest BCUT2D eigenvalue weighted by atomic mass is 16.6. The van der Waals surface area contributed by atoms with Crippen LogP contribution in [0, 0.1) is 10.1 Å². The number of esters is 1. The van der Waals surface area contributed by atoms with Crippen molar-refractivity contribution in [1.29, 1.82) is 0 Å². The van der Waals surface area contributed by atoms with Crippen molar-refractivity contribution in [2.75, 3.05) is 11.9 Å². The second-order valence-electron chi connectivity index (χ2n) is 7.69. The second kappa shape index (κ2) is 8.52. The molecule has 1 atom stereocenters. The lowest BCUT2D eigenvalue weighted by Crippen LogP contribution is -2.34. The molecule has 0 radical (unpaired) electrons. The van der Waals surface area contributed by atoms with Crippen molar-refractivity contribution >= 4 is 23.3 Å². The molecule has 0 heterocycles. The summed E-state index contributed by atoms with van der Waals surface area (Å²) < 4.78 is 5.09. The van der Waals surface area contributed by atoms with E-state index in [2.05, 4.69) is 16.7 Å². The summed E-state index contributed by atoms with van der Waals surface area (Å²) in [7, 11) is 0. The van der Waals surface area contributed by atoms with E-state index < -0.39 is 23.4 Å². The summed E-state index contributed by atoms with van der Waals surface area (Å²) in [6.45, 7) is -0.437. The van der Waals surface area contributed by atoms with Crippen LogP contribution in [0.1, 0.15) is 53.2 Å². The van der Waals surface area contributed by atoms with Crippen LogP contribution in [-0.4, -0.2) is 29.4 Å². The van der Waals surface area contributed by atoms with E-state index in [0.717, 1.165) is 37.7 Å². The minimum Gasteiger partial charge on any atom is -0.452 e. The van der Waals surface area contributed by atoms with Gasteiger partial charge in [0.2, 0.25) is 0 Å². The van der Waals surface area contributed by atoms with Crippen LogP contribution in [0.15, 0.2) is 42.5 Å². The van der Waals surface area contributed by atoms with Crippen molar-refractivity contribution < 1.29 is 19.2 Å². The molecule has 8 nitrogen and oxygen atoms in total. The molecule has 2 aliphatic rings. The summed E-state index contributed by atoms with van der Waals surface area (Å²) in [5.74, 6) is -1.16. The van der Waals surface area contributed by atoms with Gasteiger partial charge in [-0.2, -0.15) is 0 Å². The Hall–Kier alpha value is -3.42. The van der Waals surface area contributed by atoms with Crippen molar-refractivity contribution in [3.63, 3.8) is 0 Å². The maximum absolute atomic E-state index is 12.3. The lowest BCUT2D eigenvalue weighted by Gasteiger charge is -2.26. The SMILES string of the molecule is O=C(COC(=O)c1ccc(NC2CC2)c([N+](=O)[O-])c1)N[C@@H]1CCCc2ccccc21. The monoisotopic (exact) mass is 409 g/mol. The van der Waals surface area contributed by atoms with Crippen LogP contribution in [0.25, 0.3) is 0 Å². The van der Waals surface area contributed by atoms with Gasteiger partial charge in [0.15, 0.2) is 6.61 Å². The van der Waals surface area contributed by atoms with E-state index in [4.69, 9.17) is 4.74 Å². The molecule has 0 spiro atoms. The molecule has 1 saturated carbocycles. The number of rotatable bonds is 7. The fourth-order valence-corrected chi connectivity index (χ4v) is 3.73. The Bertz CT molecular complexity index is 986. The molecule has 2 aromatic carbocycles. The van der Waals surface area contributed by atoms with E-state index in [-0.39, 0.29) is 23.3 Å². The lowest BCUT2D eigenvalue weighted by molar-refractivity contribution is -0.384. The molecule has 156 valence electrons. The highest BCUT2D eigenvalue weighted by Gasteiger charge is 2.26. The van der Waals surface area contributed by atoms with Gasteiger partial charge in [-0.1, -0.05) is 24.3 Å². The van der Waals surface area contributed by atoms with Crippen LogP contribution in [0.4, 0.5) is 11.4 Å². The smallest absolute Gasteiger partial charge is 0.338 e. The number of aryl methyl sites for hydroxylation is 1. The van der Waals surface area contributed by atoms with Gasteiger partial charge in [0.25, 0.3) is 11.6 Å². The number of carbonyl (C=O) groups is 2. The van der Waals surface area contributed by atoms with Crippen LogP contribution in [0.5, 0.6) is 0 Å². The molecule has 1 fully saturated rings. The van der Waals surface area contributed by atoms with Gasteiger partial charge in [-0.15, -0.1) is 0 Å². The zero-order valence-corrected chi connectivity index (χ0v) is 16.4. The molecule has 0 bridgehead atoms. The maximum atomic E-state index is 12.3. The largest absolute Gasteiger partial charge is 0.452 e. The summed E-state index contributed by atoms with van der Waals surface area (Å²) in [5, 5.41) is 17.3. The molecule has 8 heteroatoms. The van der Waals surface area contributed by atoms with Crippen LogP contribution in [0.3, 0.4) is 0 Å². The topological polar surface area (TPSA) is 111 Å². The quantitative estimate of drug-likeness (QED) is 0.411. The predicted molar refractivity (Wildman–Crippen MR) is 110 cm³/mol. The number of nitrogens with zero attached hydrogens (tertiary/aromatic N) is 1. The van der Waals surface area contributed by atoms with Crippen LogP contribution in [0.2, 0.25) is 0 Å². The van der Waals surface area contributed by atoms with Crippen molar-refractivity contribution in [3.8, 4) is 0 Å². The normalized spacial score (nSPS) is 17.5. The lowest BCUT2D eigenvalue weighted by atomic mass is 9.88. The summed E-state index contributed by atoms with van der Waals surface area (Å²) in [4.78, 5) is 35.4. The average Bonchev–Trinajstić information content (AvgIpc) is 3.56. The fourth-order valence-electron chi connectivity index (χ4n) is 3.73. The number of anilines is 1. The molecular formula is C22H23N3O5. The zero-order chi connectivity index (χ0) is 21.1. The molecule has 0 unspecified atom stereocenters. The van der Waals surface area contributed by atoms with Crippen LogP contribution >= 0.6 is 0 Å². The summed E-state index contributed by atoms with van der Waals surface area (Å²) in [6.07, 6.45) is 4.75. The first-order chi connectivity index (χ1) is 14.5. The molecule has 2 aliphatic carbocycles. The van der Waals surface area contributed by atoms with Gasteiger partial charge in [0, 0.05) is 12.1 Å². The molecule has 4 rings (SSSR count). The number of carbonyl (C=O) groups excluding carboxylic acids is 2. The first kappa shape index (κ1) is 19.9. The van der Waals surface area contributed by atoms with E-state index >= 15 is 0 Å². The van der Waals surface area contributed by atoms with Gasteiger partial charge in [0.05, 0.1) is 16.5 Å². The Morgan fingerprint density at radius 2 is 1.93 bits per heavy atom. The third-order valence-electron chi connectivity index (χ3n) is 5.41. The van der Waals surface area contributed by atoms with E-state index in [1.54, 1.807) is 0 Å².